The molecule has 96 valence electrons. The van der Waals surface area contributed by atoms with Crippen LogP contribution in [0.3, 0.4) is 0 Å². The van der Waals surface area contributed by atoms with Gasteiger partial charge in [0, 0.05) is 18.1 Å². The summed E-state index contributed by atoms with van der Waals surface area (Å²) in [5, 5.41) is 9.09. The molecule has 0 aliphatic heterocycles. The minimum atomic E-state index is 0.648. The molecule has 0 fully saturated rings. The highest BCUT2D eigenvalue weighted by Crippen LogP contribution is 2.27. The number of halogens is 1. The standard InChI is InChI=1S/C15H14BrN3/c1-19(15-7-6-13(16)8-14(15)18)10-12-5-3-2-4-11(12)9-17/h2-8H,10,18H2,1H3. The van der Waals surface area contributed by atoms with Crippen LogP contribution in [0.5, 0.6) is 0 Å². The Morgan fingerprint density at radius 1 is 1.26 bits per heavy atom. The highest BCUT2D eigenvalue weighted by Gasteiger charge is 2.08. The summed E-state index contributed by atoms with van der Waals surface area (Å²) in [6, 6.07) is 15.6. The monoisotopic (exact) mass is 315 g/mol. The highest BCUT2D eigenvalue weighted by molar-refractivity contribution is 9.10. The largest absolute Gasteiger partial charge is 0.397 e. The molecule has 0 aliphatic carbocycles. The van der Waals surface area contributed by atoms with Gasteiger partial charge < -0.3 is 10.6 Å². The Balaban J connectivity index is 2.26. The van der Waals surface area contributed by atoms with Crippen LogP contribution in [-0.2, 0) is 6.54 Å². The molecule has 0 aliphatic rings. The van der Waals surface area contributed by atoms with Crippen LogP contribution in [0.1, 0.15) is 11.1 Å². The van der Waals surface area contributed by atoms with E-state index in [1.54, 1.807) is 0 Å². The number of nitrogens with two attached hydrogens (primary N) is 1. The fraction of sp³-hybridized carbons (Fsp3) is 0.133. The molecule has 0 aromatic heterocycles. The number of hydrogen-bond acceptors (Lipinski definition) is 3. The van der Waals surface area contributed by atoms with Crippen molar-refractivity contribution in [2.45, 2.75) is 6.54 Å². The van der Waals surface area contributed by atoms with Gasteiger partial charge >= 0.3 is 0 Å². The van der Waals surface area contributed by atoms with E-state index >= 15 is 0 Å². The lowest BCUT2D eigenvalue weighted by atomic mass is 10.1. The van der Waals surface area contributed by atoms with Crippen LogP contribution in [0, 0.1) is 11.3 Å². The van der Waals surface area contributed by atoms with E-state index in [1.165, 1.54) is 0 Å². The van der Waals surface area contributed by atoms with E-state index in [4.69, 9.17) is 11.0 Å². The number of nitrogen functional groups attached to an aromatic ring is 1. The number of anilines is 2. The van der Waals surface area contributed by atoms with E-state index in [0.717, 1.165) is 15.7 Å². The van der Waals surface area contributed by atoms with Crippen molar-refractivity contribution in [3.05, 3.63) is 58.1 Å². The summed E-state index contributed by atoms with van der Waals surface area (Å²) in [4.78, 5) is 2.04. The van der Waals surface area contributed by atoms with Crippen molar-refractivity contribution in [3.63, 3.8) is 0 Å². The Morgan fingerprint density at radius 3 is 2.68 bits per heavy atom. The van der Waals surface area contributed by atoms with Crippen LogP contribution in [-0.4, -0.2) is 7.05 Å². The average molecular weight is 316 g/mol. The van der Waals surface area contributed by atoms with Crippen LogP contribution in [0.2, 0.25) is 0 Å². The van der Waals surface area contributed by atoms with Gasteiger partial charge in [-0.2, -0.15) is 5.26 Å². The molecular weight excluding hydrogens is 302 g/mol. The topological polar surface area (TPSA) is 53.0 Å². The van der Waals surface area contributed by atoms with Gasteiger partial charge in [-0.25, -0.2) is 0 Å². The van der Waals surface area contributed by atoms with Crippen molar-refractivity contribution in [3.8, 4) is 6.07 Å². The van der Waals surface area contributed by atoms with E-state index in [9.17, 15) is 0 Å². The fourth-order valence-electron chi connectivity index (χ4n) is 1.98. The SMILES string of the molecule is CN(Cc1ccccc1C#N)c1ccc(Br)cc1N. The molecule has 0 radical (unpaired) electrons. The minimum Gasteiger partial charge on any atom is -0.397 e. The van der Waals surface area contributed by atoms with Crippen molar-refractivity contribution < 1.29 is 0 Å². The first-order valence-electron chi connectivity index (χ1n) is 5.86. The summed E-state index contributed by atoms with van der Waals surface area (Å²) in [6.07, 6.45) is 0. The van der Waals surface area contributed by atoms with Gasteiger partial charge in [0.2, 0.25) is 0 Å². The molecule has 0 bridgehead atoms. The van der Waals surface area contributed by atoms with E-state index in [1.807, 2.05) is 54.4 Å². The molecule has 4 heteroatoms. The number of nitriles is 1. The van der Waals surface area contributed by atoms with Gasteiger partial charge in [-0.15, -0.1) is 0 Å². The first-order valence-corrected chi connectivity index (χ1v) is 6.65. The third-order valence-electron chi connectivity index (χ3n) is 2.95. The van der Waals surface area contributed by atoms with Crippen LogP contribution in [0.15, 0.2) is 46.9 Å². The van der Waals surface area contributed by atoms with Gasteiger partial charge in [0.25, 0.3) is 0 Å². The molecule has 3 nitrogen and oxygen atoms in total. The maximum Gasteiger partial charge on any atom is 0.0995 e. The van der Waals surface area contributed by atoms with Crippen molar-refractivity contribution in [2.24, 2.45) is 0 Å². The molecular formula is C15H14BrN3. The maximum absolute atomic E-state index is 9.09. The molecule has 0 saturated carbocycles. The Labute approximate surface area is 121 Å². The fourth-order valence-corrected chi connectivity index (χ4v) is 2.36. The molecule has 0 saturated heterocycles. The third kappa shape index (κ3) is 3.07. The predicted octanol–water partition coefficient (Wildman–Crippen LogP) is 3.54. The molecule has 0 spiro atoms. The van der Waals surface area contributed by atoms with Gasteiger partial charge in [-0.3, -0.25) is 0 Å². The van der Waals surface area contributed by atoms with E-state index < -0.39 is 0 Å². The normalized spacial score (nSPS) is 9.95. The second-order valence-corrected chi connectivity index (χ2v) is 5.24. The molecule has 2 rings (SSSR count). The third-order valence-corrected chi connectivity index (χ3v) is 3.44. The predicted molar refractivity (Wildman–Crippen MR) is 81.8 cm³/mol. The summed E-state index contributed by atoms with van der Waals surface area (Å²) in [7, 11) is 1.97. The van der Waals surface area contributed by atoms with Crippen LogP contribution in [0.25, 0.3) is 0 Å². The first kappa shape index (κ1) is 13.4. The lowest BCUT2D eigenvalue weighted by Gasteiger charge is -2.21. The number of benzene rings is 2. The molecule has 0 unspecified atom stereocenters. The van der Waals surface area contributed by atoms with Crippen LogP contribution in [0.4, 0.5) is 11.4 Å². The Morgan fingerprint density at radius 2 is 2.00 bits per heavy atom. The van der Waals surface area contributed by atoms with Crippen molar-refractivity contribution in [2.75, 3.05) is 17.7 Å². The summed E-state index contributed by atoms with van der Waals surface area (Å²) in [5.74, 6) is 0. The molecule has 0 heterocycles. The quantitative estimate of drug-likeness (QED) is 0.881. The lowest BCUT2D eigenvalue weighted by molar-refractivity contribution is 0.921. The molecule has 0 amide bonds. The van der Waals surface area contributed by atoms with Gasteiger partial charge in [-0.05, 0) is 29.8 Å². The summed E-state index contributed by atoms with van der Waals surface area (Å²) in [6.45, 7) is 0.648. The Hall–Kier alpha value is -1.99. The zero-order valence-electron chi connectivity index (χ0n) is 10.6. The minimum absolute atomic E-state index is 0.648. The van der Waals surface area contributed by atoms with E-state index in [-0.39, 0.29) is 0 Å². The number of hydrogen-bond donors (Lipinski definition) is 1. The zero-order chi connectivity index (χ0) is 13.8. The average Bonchev–Trinajstić information content (AvgIpc) is 2.39. The van der Waals surface area contributed by atoms with Crippen molar-refractivity contribution in [1.82, 2.24) is 0 Å². The smallest absolute Gasteiger partial charge is 0.0995 e. The van der Waals surface area contributed by atoms with Gasteiger partial charge in [0.1, 0.15) is 0 Å². The summed E-state index contributed by atoms with van der Waals surface area (Å²) >= 11 is 3.39. The zero-order valence-corrected chi connectivity index (χ0v) is 12.2. The molecule has 19 heavy (non-hydrogen) atoms. The summed E-state index contributed by atoms with van der Waals surface area (Å²) in [5.41, 5.74) is 9.37. The first-order chi connectivity index (χ1) is 9.11. The van der Waals surface area contributed by atoms with Gasteiger partial charge in [0.15, 0.2) is 0 Å². The second kappa shape index (κ2) is 5.77. The molecule has 2 aromatic carbocycles. The summed E-state index contributed by atoms with van der Waals surface area (Å²) < 4.78 is 0.958. The van der Waals surface area contributed by atoms with Crippen molar-refractivity contribution in [1.29, 1.82) is 5.26 Å². The highest BCUT2D eigenvalue weighted by atomic mass is 79.9. The second-order valence-electron chi connectivity index (χ2n) is 4.33. The Bertz CT molecular complexity index is 632. The molecule has 2 N–H and O–H groups in total. The van der Waals surface area contributed by atoms with Crippen molar-refractivity contribution >= 4 is 27.3 Å². The molecule has 2 aromatic rings. The van der Waals surface area contributed by atoms with Crippen LogP contribution >= 0.6 is 15.9 Å². The van der Waals surface area contributed by atoms with Gasteiger partial charge in [-0.1, -0.05) is 34.1 Å². The maximum atomic E-state index is 9.09. The molecule has 0 atom stereocenters. The van der Waals surface area contributed by atoms with E-state index in [2.05, 4.69) is 22.0 Å². The van der Waals surface area contributed by atoms with Gasteiger partial charge in [0.05, 0.1) is 23.0 Å². The number of rotatable bonds is 3. The lowest BCUT2D eigenvalue weighted by Crippen LogP contribution is -2.18. The number of nitrogens with zero attached hydrogens (tertiary/aromatic N) is 2. The Kier molecular flexibility index (Phi) is 4.08. The van der Waals surface area contributed by atoms with Crippen LogP contribution < -0.4 is 10.6 Å². The van der Waals surface area contributed by atoms with E-state index in [0.29, 0.717) is 17.8 Å².